The molecule has 0 aromatic heterocycles. The van der Waals surface area contributed by atoms with Crippen LogP contribution in [0.2, 0.25) is 0 Å². The van der Waals surface area contributed by atoms with Gasteiger partial charge in [-0.3, -0.25) is 4.79 Å². The van der Waals surface area contributed by atoms with Crippen molar-refractivity contribution in [2.75, 3.05) is 0 Å². The van der Waals surface area contributed by atoms with E-state index in [-0.39, 0.29) is 20.1 Å². The molecule has 1 aromatic carbocycles. The average molecular weight is 330 g/mol. The van der Waals surface area contributed by atoms with Crippen molar-refractivity contribution in [2.45, 2.75) is 0 Å². The van der Waals surface area contributed by atoms with E-state index in [0.29, 0.717) is 5.56 Å². The zero-order valence-corrected chi connectivity index (χ0v) is 12.0. The molecule has 0 aliphatic carbocycles. The van der Waals surface area contributed by atoms with Crippen LogP contribution in [0.15, 0.2) is 45.4 Å². The van der Waals surface area contributed by atoms with Gasteiger partial charge in [-0.2, -0.15) is 0 Å². The van der Waals surface area contributed by atoms with E-state index in [1.165, 1.54) is 0 Å². The Kier molecular flexibility index (Phi) is 5.84. The number of benzene rings is 1. The van der Waals surface area contributed by atoms with Gasteiger partial charge in [0, 0.05) is 0 Å². The van der Waals surface area contributed by atoms with Gasteiger partial charge in [-0.1, -0.05) is 76.7 Å². The fraction of sp³-hybridized carbons (Fsp3) is 0. The molecule has 0 amide bonds. The first kappa shape index (κ1) is 14.9. The van der Waals surface area contributed by atoms with Crippen LogP contribution < -0.4 is 0 Å². The standard InChI is InChI=1S/C11H5Cl5O/c12-7(6-4-2-1-3-5-6)8(13)9(14)10(15)11(16)17/h1-5H/b8-7?,10-9+. The molecule has 17 heavy (non-hydrogen) atoms. The summed E-state index contributed by atoms with van der Waals surface area (Å²) >= 11 is 28.5. The van der Waals surface area contributed by atoms with Gasteiger partial charge in [-0.15, -0.1) is 0 Å². The van der Waals surface area contributed by atoms with Gasteiger partial charge in [0.1, 0.15) is 5.03 Å². The molecule has 0 saturated heterocycles. The zero-order valence-electron chi connectivity index (χ0n) is 8.18. The molecular weight excluding hydrogens is 325 g/mol. The molecule has 90 valence electrons. The molecule has 1 rings (SSSR count). The fourth-order valence-corrected chi connectivity index (χ4v) is 1.93. The third-order valence-corrected chi connectivity index (χ3v) is 3.88. The van der Waals surface area contributed by atoms with E-state index < -0.39 is 5.24 Å². The number of hydrogen-bond acceptors (Lipinski definition) is 1. The van der Waals surface area contributed by atoms with Gasteiger partial charge in [0.15, 0.2) is 0 Å². The minimum Gasteiger partial charge on any atom is -0.275 e. The van der Waals surface area contributed by atoms with E-state index in [1.54, 1.807) is 24.3 Å². The molecule has 0 spiro atoms. The molecule has 0 fully saturated rings. The van der Waals surface area contributed by atoms with Crippen molar-refractivity contribution in [3.8, 4) is 0 Å². The quantitative estimate of drug-likeness (QED) is 0.418. The van der Waals surface area contributed by atoms with Crippen LogP contribution in [-0.2, 0) is 4.79 Å². The highest BCUT2D eigenvalue weighted by atomic mass is 35.5. The molecule has 0 bridgehead atoms. The number of allylic oxidation sites excluding steroid dienone is 3. The van der Waals surface area contributed by atoms with Crippen LogP contribution in [0.1, 0.15) is 5.56 Å². The SMILES string of the molecule is O=C(Cl)/C(Cl)=C(\Cl)C(Cl)=C(Cl)c1ccccc1. The first-order valence-electron chi connectivity index (χ1n) is 4.31. The summed E-state index contributed by atoms with van der Waals surface area (Å²) in [7, 11) is 0. The van der Waals surface area contributed by atoms with Gasteiger partial charge in [0.05, 0.1) is 15.1 Å². The Morgan fingerprint density at radius 3 is 1.76 bits per heavy atom. The zero-order chi connectivity index (χ0) is 13.0. The highest BCUT2D eigenvalue weighted by Crippen LogP contribution is 2.35. The molecule has 1 nitrogen and oxygen atoms in total. The van der Waals surface area contributed by atoms with Gasteiger partial charge < -0.3 is 0 Å². The molecule has 1 aromatic rings. The molecular formula is C11H5Cl5O. The summed E-state index contributed by atoms with van der Waals surface area (Å²) < 4.78 is 0. The number of carbonyl (C=O) groups is 1. The Hall–Kier alpha value is -0.180. The van der Waals surface area contributed by atoms with Gasteiger partial charge >= 0.3 is 0 Å². The second-order valence-electron chi connectivity index (χ2n) is 2.90. The monoisotopic (exact) mass is 328 g/mol. The van der Waals surface area contributed by atoms with E-state index in [9.17, 15) is 4.79 Å². The van der Waals surface area contributed by atoms with Crippen molar-refractivity contribution in [1.82, 2.24) is 0 Å². The summed E-state index contributed by atoms with van der Waals surface area (Å²) in [6.07, 6.45) is 0. The largest absolute Gasteiger partial charge is 0.275 e. The smallest absolute Gasteiger partial charge is 0.265 e. The lowest BCUT2D eigenvalue weighted by Gasteiger charge is -2.04. The lowest BCUT2D eigenvalue weighted by Crippen LogP contribution is -1.90. The first-order chi connectivity index (χ1) is 7.95. The minimum atomic E-state index is -0.896. The van der Waals surface area contributed by atoms with Crippen LogP contribution in [0.3, 0.4) is 0 Å². The van der Waals surface area contributed by atoms with Crippen molar-refractivity contribution in [3.05, 3.63) is 51.0 Å². The fourth-order valence-electron chi connectivity index (χ4n) is 0.990. The highest BCUT2D eigenvalue weighted by Gasteiger charge is 2.15. The molecule has 0 heterocycles. The average Bonchev–Trinajstić information content (AvgIpc) is 2.36. The van der Waals surface area contributed by atoms with Crippen LogP contribution in [0.5, 0.6) is 0 Å². The summed E-state index contributed by atoms with van der Waals surface area (Å²) in [6.45, 7) is 0. The van der Waals surface area contributed by atoms with E-state index in [4.69, 9.17) is 58.0 Å². The molecule has 0 saturated carbocycles. The van der Waals surface area contributed by atoms with Crippen LogP contribution in [0.4, 0.5) is 0 Å². The first-order valence-corrected chi connectivity index (χ1v) is 6.20. The molecule has 0 N–H and O–H groups in total. The Labute approximate surface area is 124 Å². The van der Waals surface area contributed by atoms with E-state index >= 15 is 0 Å². The summed E-state index contributed by atoms with van der Waals surface area (Å²) in [4.78, 5) is 10.8. The number of hydrogen-bond donors (Lipinski definition) is 0. The predicted octanol–water partition coefficient (Wildman–Crippen LogP) is 5.29. The van der Waals surface area contributed by atoms with Crippen LogP contribution >= 0.6 is 58.0 Å². The summed E-state index contributed by atoms with van der Waals surface area (Å²) in [5.74, 6) is 0. The predicted molar refractivity (Wildman–Crippen MR) is 74.7 cm³/mol. The topological polar surface area (TPSA) is 17.1 Å². The van der Waals surface area contributed by atoms with Crippen molar-refractivity contribution >= 4 is 68.3 Å². The normalized spacial score (nSPS) is 13.9. The van der Waals surface area contributed by atoms with Crippen molar-refractivity contribution in [2.24, 2.45) is 0 Å². The lowest BCUT2D eigenvalue weighted by atomic mass is 10.2. The van der Waals surface area contributed by atoms with Crippen molar-refractivity contribution in [1.29, 1.82) is 0 Å². The minimum absolute atomic E-state index is 0.0291. The Morgan fingerprint density at radius 1 is 0.765 bits per heavy atom. The Bertz CT molecular complexity index is 490. The number of carbonyl (C=O) groups excluding carboxylic acids is 1. The molecule has 0 radical (unpaired) electrons. The second-order valence-corrected chi connectivity index (χ2v) is 4.75. The maximum atomic E-state index is 10.8. The van der Waals surface area contributed by atoms with Gasteiger partial charge in [-0.25, -0.2) is 0 Å². The number of rotatable bonds is 3. The maximum absolute atomic E-state index is 10.8. The lowest BCUT2D eigenvalue weighted by molar-refractivity contribution is -0.108. The molecule has 0 unspecified atom stereocenters. The Balaban J connectivity index is 3.24. The Morgan fingerprint density at radius 2 is 1.29 bits per heavy atom. The molecule has 0 aliphatic rings. The van der Waals surface area contributed by atoms with Crippen LogP contribution in [-0.4, -0.2) is 5.24 Å². The summed E-state index contributed by atoms with van der Waals surface area (Å²) in [5, 5.41) is -1.28. The second kappa shape index (κ2) is 6.67. The van der Waals surface area contributed by atoms with Gasteiger partial charge in [0.2, 0.25) is 0 Å². The van der Waals surface area contributed by atoms with E-state index in [0.717, 1.165) is 0 Å². The van der Waals surface area contributed by atoms with Crippen molar-refractivity contribution in [3.63, 3.8) is 0 Å². The van der Waals surface area contributed by atoms with Gasteiger partial charge in [0.25, 0.3) is 5.24 Å². The molecule has 6 heteroatoms. The van der Waals surface area contributed by atoms with Gasteiger partial charge in [-0.05, 0) is 17.2 Å². The third-order valence-electron chi connectivity index (χ3n) is 1.78. The van der Waals surface area contributed by atoms with E-state index in [1.807, 2.05) is 6.07 Å². The summed E-state index contributed by atoms with van der Waals surface area (Å²) in [6, 6.07) is 8.88. The maximum Gasteiger partial charge on any atom is 0.265 e. The van der Waals surface area contributed by atoms with Crippen LogP contribution in [0, 0.1) is 0 Å². The molecule has 0 aliphatic heterocycles. The highest BCUT2D eigenvalue weighted by molar-refractivity contribution is 6.76. The van der Waals surface area contributed by atoms with Crippen LogP contribution in [0.25, 0.3) is 5.03 Å². The third kappa shape index (κ3) is 3.90. The molecule has 0 atom stereocenters. The number of halogens is 5. The van der Waals surface area contributed by atoms with E-state index in [2.05, 4.69) is 0 Å². The summed E-state index contributed by atoms with van der Waals surface area (Å²) in [5.41, 5.74) is 0.656. The van der Waals surface area contributed by atoms with Crippen molar-refractivity contribution < 1.29 is 4.79 Å².